The fraction of sp³-hybridized carbons (Fsp3) is 0.118. The lowest BCUT2D eigenvalue weighted by molar-refractivity contribution is -0.137. The third-order valence-corrected chi connectivity index (χ3v) is 3.61. The Kier molecular flexibility index (Phi) is 4.94. The van der Waals surface area contributed by atoms with Crippen LogP contribution in [0.1, 0.15) is 5.56 Å². The number of halogens is 4. The Hall–Kier alpha value is -2.87. The maximum atomic E-state index is 12.7. The summed E-state index contributed by atoms with van der Waals surface area (Å²) in [5, 5.41) is 3.40. The molecule has 5 nitrogen and oxygen atoms in total. The predicted octanol–water partition coefficient (Wildman–Crippen LogP) is 4.32. The van der Waals surface area contributed by atoms with E-state index in [0.717, 1.165) is 12.1 Å². The minimum Gasteiger partial charge on any atom is -0.467 e. The lowest BCUT2D eigenvalue weighted by Gasteiger charge is -2.11. The molecule has 9 heteroatoms. The molecule has 0 unspecified atom stereocenters. The number of carbonyl (C=O) groups is 1. The van der Waals surface area contributed by atoms with E-state index >= 15 is 0 Å². The molecule has 3 rings (SSSR count). The average molecular weight is 382 g/mol. The average Bonchev–Trinajstić information content (AvgIpc) is 2.59. The summed E-state index contributed by atoms with van der Waals surface area (Å²) in [6, 6.07) is 9.23. The van der Waals surface area contributed by atoms with Crippen LogP contribution < -0.4 is 10.1 Å². The summed E-state index contributed by atoms with van der Waals surface area (Å²) in [4.78, 5) is 20.0. The number of amides is 1. The summed E-state index contributed by atoms with van der Waals surface area (Å²) in [6.07, 6.45) is -3.23. The Morgan fingerprint density at radius 1 is 1.15 bits per heavy atom. The molecule has 1 amide bonds. The molecule has 0 fully saturated rings. The molecule has 1 aromatic heterocycles. The van der Waals surface area contributed by atoms with Crippen molar-refractivity contribution in [2.45, 2.75) is 6.18 Å². The highest BCUT2D eigenvalue weighted by Gasteiger charge is 2.30. The van der Waals surface area contributed by atoms with Crippen molar-refractivity contribution < 1.29 is 22.7 Å². The highest BCUT2D eigenvalue weighted by Crippen LogP contribution is 2.30. The summed E-state index contributed by atoms with van der Waals surface area (Å²) < 4.78 is 43.4. The van der Waals surface area contributed by atoms with Crippen molar-refractivity contribution in [3.8, 4) is 5.88 Å². The second-order valence-corrected chi connectivity index (χ2v) is 5.69. The first-order chi connectivity index (χ1) is 12.3. The van der Waals surface area contributed by atoms with Gasteiger partial charge in [0, 0.05) is 10.7 Å². The molecule has 3 aromatic rings. The zero-order valence-corrected chi connectivity index (χ0v) is 13.8. The van der Waals surface area contributed by atoms with Crippen molar-refractivity contribution in [3.63, 3.8) is 0 Å². The smallest absolute Gasteiger partial charge is 0.416 e. The molecule has 0 saturated heterocycles. The summed E-state index contributed by atoms with van der Waals surface area (Å²) >= 11 is 5.89. The van der Waals surface area contributed by atoms with Crippen LogP contribution in [0.25, 0.3) is 10.9 Å². The van der Waals surface area contributed by atoms with Crippen LogP contribution in [0.2, 0.25) is 5.02 Å². The second kappa shape index (κ2) is 7.17. The standard InChI is InChI=1S/C17H11ClF3N3O2/c18-11-4-5-13-14(7-11)22-9-23-16(13)26-8-15(25)24-12-3-1-2-10(6-12)17(19,20)21/h1-7,9H,8H2,(H,24,25). The van der Waals surface area contributed by atoms with Gasteiger partial charge in [0.15, 0.2) is 6.61 Å². The van der Waals surface area contributed by atoms with Crippen LogP contribution in [0.4, 0.5) is 18.9 Å². The first-order valence-corrected chi connectivity index (χ1v) is 7.71. The van der Waals surface area contributed by atoms with Gasteiger partial charge in [0.1, 0.15) is 6.33 Å². The zero-order chi connectivity index (χ0) is 18.7. The molecule has 0 aliphatic carbocycles. The number of anilines is 1. The summed E-state index contributed by atoms with van der Waals surface area (Å²) in [6.45, 7) is -0.426. The number of fused-ring (bicyclic) bond motifs is 1. The van der Waals surface area contributed by atoms with Crippen molar-refractivity contribution in [1.82, 2.24) is 9.97 Å². The van der Waals surface area contributed by atoms with E-state index in [1.54, 1.807) is 18.2 Å². The minimum absolute atomic E-state index is 0.0211. The highest BCUT2D eigenvalue weighted by atomic mass is 35.5. The molecule has 1 heterocycles. The van der Waals surface area contributed by atoms with E-state index in [1.165, 1.54) is 18.5 Å². The van der Waals surface area contributed by atoms with E-state index in [0.29, 0.717) is 15.9 Å². The van der Waals surface area contributed by atoms with Crippen LogP contribution in [0.3, 0.4) is 0 Å². The second-order valence-electron chi connectivity index (χ2n) is 5.26. The number of rotatable bonds is 4. The van der Waals surface area contributed by atoms with Crippen molar-refractivity contribution >= 4 is 34.1 Å². The third-order valence-electron chi connectivity index (χ3n) is 3.38. The maximum Gasteiger partial charge on any atom is 0.416 e. The zero-order valence-electron chi connectivity index (χ0n) is 13.0. The van der Waals surface area contributed by atoms with E-state index in [2.05, 4.69) is 15.3 Å². The van der Waals surface area contributed by atoms with Gasteiger partial charge in [-0.15, -0.1) is 0 Å². The Morgan fingerprint density at radius 2 is 1.96 bits per heavy atom. The topological polar surface area (TPSA) is 64.1 Å². The molecule has 0 radical (unpaired) electrons. The number of nitrogens with zero attached hydrogens (tertiary/aromatic N) is 2. The van der Waals surface area contributed by atoms with E-state index < -0.39 is 24.3 Å². The summed E-state index contributed by atoms with van der Waals surface area (Å²) in [7, 11) is 0. The number of aromatic nitrogens is 2. The minimum atomic E-state index is -4.49. The molecule has 0 aliphatic rings. The molecule has 26 heavy (non-hydrogen) atoms. The first kappa shape index (κ1) is 17.9. The van der Waals surface area contributed by atoms with Gasteiger partial charge in [0.25, 0.3) is 5.91 Å². The largest absolute Gasteiger partial charge is 0.467 e. The third kappa shape index (κ3) is 4.20. The van der Waals surface area contributed by atoms with Crippen molar-refractivity contribution in [3.05, 3.63) is 59.4 Å². The van der Waals surface area contributed by atoms with Crippen LogP contribution in [0, 0.1) is 0 Å². The van der Waals surface area contributed by atoms with Gasteiger partial charge in [-0.1, -0.05) is 17.7 Å². The fourth-order valence-corrected chi connectivity index (χ4v) is 2.39. The summed E-state index contributed by atoms with van der Waals surface area (Å²) in [5.41, 5.74) is -0.288. The van der Waals surface area contributed by atoms with Crippen molar-refractivity contribution in [2.75, 3.05) is 11.9 Å². The predicted molar refractivity (Wildman–Crippen MR) is 90.1 cm³/mol. The SMILES string of the molecule is O=C(COc1ncnc2cc(Cl)ccc12)Nc1cccc(C(F)(F)F)c1. The van der Waals surface area contributed by atoms with E-state index in [-0.39, 0.29) is 11.6 Å². The molecule has 2 aromatic carbocycles. The Morgan fingerprint density at radius 3 is 2.73 bits per heavy atom. The van der Waals surface area contributed by atoms with Gasteiger partial charge >= 0.3 is 6.18 Å². The first-order valence-electron chi connectivity index (χ1n) is 7.33. The highest BCUT2D eigenvalue weighted by molar-refractivity contribution is 6.31. The van der Waals surface area contributed by atoms with Gasteiger partial charge in [-0.2, -0.15) is 13.2 Å². The molecule has 0 atom stereocenters. The number of ether oxygens (including phenoxy) is 1. The van der Waals surface area contributed by atoms with Crippen LogP contribution in [-0.2, 0) is 11.0 Å². The molecular formula is C17H11ClF3N3O2. The molecular weight excluding hydrogens is 371 g/mol. The molecule has 0 spiro atoms. The number of hydrogen-bond acceptors (Lipinski definition) is 4. The van der Waals surface area contributed by atoms with Crippen molar-refractivity contribution in [2.24, 2.45) is 0 Å². The quantitative estimate of drug-likeness (QED) is 0.731. The summed E-state index contributed by atoms with van der Waals surface area (Å²) in [5.74, 6) is -0.448. The van der Waals surface area contributed by atoms with E-state index in [4.69, 9.17) is 16.3 Å². The van der Waals surface area contributed by atoms with Gasteiger partial charge < -0.3 is 10.1 Å². The molecule has 0 saturated carbocycles. The van der Waals surface area contributed by atoms with Gasteiger partial charge in [0.05, 0.1) is 16.5 Å². The lowest BCUT2D eigenvalue weighted by atomic mass is 10.2. The normalized spacial score (nSPS) is 11.4. The number of benzene rings is 2. The lowest BCUT2D eigenvalue weighted by Crippen LogP contribution is -2.21. The number of nitrogens with one attached hydrogen (secondary N) is 1. The van der Waals surface area contributed by atoms with Crippen LogP contribution in [0.5, 0.6) is 5.88 Å². The molecule has 134 valence electrons. The number of alkyl halides is 3. The Bertz CT molecular complexity index is 963. The van der Waals surface area contributed by atoms with Gasteiger partial charge in [0.2, 0.25) is 5.88 Å². The molecule has 1 N–H and O–H groups in total. The van der Waals surface area contributed by atoms with Crippen LogP contribution in [0.15, 0.2) is 48.8 Å². The van der Waals surface area contributed by atoms with Crippen molar-refractivity contribution in [1.29, 1.82) is 0 Å². The van der Waals surface area contributed by atoms with Gasteiger partial charge in [-0.3, -0.25) is 4.79 Å². The number of carbonyl (C=O) groups excluding carboxylic acids is 1. The Balaban J connectivity index is 1.68. The van der Waals surface area contributed by atoms with Gasteiger partial charge in [-0.05, 0) is 36.4 Å². The van der Waals surface area contributed by atoms with Gasteiger partial charge in [-0.25, -0.2) is 9.97 Å². The Labute approximate surface area is 150 Å². The fourth-order valence-electron chi connectivity index (χ4n) is 2.22. The monoisotopic (exact) mass is 381 g/mol. The molecule has 0 bridgehead atoms. The van der Waals surface area contributed by atoms with E-state index in [1.807, 2.05) is 0 Å². The van der Waals surface area contributed by atoms with Crippen LogP contribution in [-0.4, -0.2) is 22.5 Å². The maximum absolute atomic E-state index is 12.7. The molecule has 0 aliphatic heterocycles. The van der Waals surface area contributed by atoms with E-state index in [9.17, 15) is 18.0 Å². The number of hydrogen-bond donors (Lipinski definition) is 1. The van der Waals surface area contributed by atoms with Crippen LogP contribution >= 0.6 is 11.6 Å².